The number of rotatable bonds is 5. The first-order valence-corrected chi connectivity index (χ1v) is 8.27. The van der Waals surface area contributed by atoms with Crippen molar-refractivity contribution in [3.8, 4) is 5.75 Å². The van der Waals surface area contributed by atoms with Crippen molar-refractivity contribution in [3.63, 3.8) is 0 Å². The third-order valence-electron chi connectivity index (χ3n) is 4.37. The van der Waals surface area contributed by atoms with E-state index < -0.39 is 17.6 Å². The van der Waals surface area contributed by atoms with Crippen molar-refractivity contribution in [2.75, 3.05) is 6.61 Å². The Morgan fingerprint density at radius 1 is 1.15 bits per heavy atom. The molecule has 0 aliphatic carbocycles. The standard InChI is InChI=1S/C19H19F4NO2/c20-16-10-15(5-4-13(16)9-18-17(24)6-7-25-18)26-11-12-2-1-3-14(8-12)19(21,22)23/h1-5,8,10,17-18H,6-7,9,11,24H2/t17?,18-/m1/s1. The maximum Gasteiger partial charge on any atom is 0.416 e. The van der Waals surface area contributed by atoms with Crippen molar-refractivity contribution in [1.82, 2.24) is 0 Å². The van der Waals surface area contributed by atoms with E-state index in [1.165, 1.54) is 18.2 Å². The van der Waals surface area contributed by atoms with Gasteiger partial charge in [-0.15, -0.1) is 0 Å². The van der Waals surface area contributed by atoms with Gasteiger partial charge in [0.1, 0.15) is 18.2 Å². The molecule has 1 saturated heterocycles. The Morgan fingerprint density at radius 2 is 1.96 bits per heavy atom. The van der Waals surface area contributed by atoms with Crippen molar-refractivity contribution in [2.45, 2.75) is 37.8 Å². The second kappa shape index (κ2) is 7.63. The predicted molar refractivity (Wildman–Crippen MR) is 88.2 cm³/mol. The molecule has 1 fully saturated rings. The second-order valence-corrected chi connectivity index (χ2v) is 6.31. The molecule has 0 bridgehead atoms. The van der Waals surface area contributed by atoms with Crippen LogP contribution in [0.3, 0.4) is 0 Å². The maximum atomic E-state index is 14.3. The molecule has 26 heavy (non-hydrogen) atoms. The summed E-state index contributed by atoms with van der Waals surface area (Å²) in [5.74, 6) is -0.199. The largest absolute Gasteiger partial charge is 0.489 e. The Labute approximate surface area is 148 Å². The topological polar surface area (TPSA) is 44.5 Å². The van der Waals surface area contributed by atoms with E-state index in [0.717, 1.165) is 18.6 Å². The van der Waals surface area contributed by atoms with Crippen LogP contribution >= 0.6 is 0 Å². The normalized spacial score (nSPS) is 20.3. The van der Waals surface area contributed by atoms with Gasteiger partial charge in [-0.3, -0.25) is 0 Å². The number of ether oxygens (including phenoxy) is 2. The van der Waals surface area contributed by atoms with Gasteiger partial charge in [0.2, 0.25) is 0 Å². The molecule has 0 spiro atoms. The smallest absolute Gasteiger partial charge is 0.416 e. The molecule has 1 heterocycles. The van der Waals surface area contributed by atoms with E-state index in [2.05, 4.69) is 0 Å². The molecule has 1 aliphatic heterocycles. The Bertz CT molecular complexity index is 763. The first-order chi connectivity index (χ1) is 12.3. The number of hydrogen-bond donors (Lipinski definition) is 1. The van der Waals surface area contributed by atoms with E-state index in [1.807, 2.05) is 0 Å². The number of nitrogens with two attached hydrogens (primary N) is 1. The zero-order valence-corrected chi connectivity index (χ0v) is 13.9. The molecular formula is C19H19F4NO2. The van der Waals surface area contributed by atoms with Crippen LogP contribution in [-0.4, -0.2) is 18.8 Å². The summed E-state index contributed by atoms with van der Waals surface area (Å²) >= 11 is 0. The molecule has 0 saturated carbocycles. The van der Waals surface area contributed by atoms with Gasteiger partial charge in [0, 0.05) is 25.1 Å². The highest BCUT2D eigenvalue weighted by atomic mass is 19.4. The third-order valence-corrected chi connectivity index (χ3v) is 4.37. The minimum absolute atomic E-state index is 0.0840. The summed E-state index contributed by atoms with van der Waals surface area (Å²) in [6, 6.07) is 9.15. The van der Waals surface area contributed by atoms with Crippen LogP contribution < -0.4 is 10.5 Å². The highest BCUT2D eigenvalue weighted by molar-refractivity contribution is 5.31. The fraction of sp³-hybridized carbons (Fsp3) is 0.368. The lowest BCUT2D eigenvalue weighted by atomic mass is 10.0. The molecule has 3 nitrogen and oxygen atoms in total. The van der Waals surface area contributed by atoms with Gasteiger partial charge in [0.15, 0.2) is 0 Å². The van der Waals surface area contributed by atoms with Crippen molar-refractivity contribution in [1.29, 1.82) is 0 Å². The average Bonchev–Trinajstić information content (AvgIpc) is 2.99. The van der Waals surface area contributed by atoms with E-state index in [-0.39, 0.29) is 24.5 Å². The Kier molecular flexibility index (Phi) is 5.48. The summed E-state index contributed by atoms with van der Waals surface area (Å²) in [4.78, 5) is 0. The van der Waals surface area contributed by atoms with Gasteiger partial charge in [-0.05, 0) is 35.7 Å². The van der Waals surface area contributed by atoms with Crippen molar-refractivity contribution in [2.24, 2.45) is 5.73 Å². The Hall–Kier alpha value is -2.12. The van der Waals surface area contributed by atoms with E-state index in [9.17, 15) is 17.6 Å². The van der Waals surface area contributed by atoms with Crippen molar-refractivity contribution in [3.05, 3.63) is 65.0 Å². The second-order valence-electron chi connectivity index (χ2n) is 6.31. The van der Waals surface area contributed by atoms with Crippen LogP contribution in [0.4, 0.5) is 17.6 Å². The van der Waals surface area contributed by atoms with Gasteiger partial charge in [0.25, 0.3) is 0 Å². The maximum absolute atomic E-state index is 14.3. The minimum atomic E-state index is -4.41. The van der Waals surface area contributed by atoms with Crippen LogP contribution in [0.5, 0.6) is 5.75 Å². The van der Waals surface area contributed by atoms with E-state index in [0.29, 0.717) is 24.2 Å². The molecule has 2 atom stereocenters. The monoisotopic (exact) mass is 369 g/mol. The molecule has 3 rings (SSSR count). The Balaban J connectivity index is 1.63. The quantitative estimate of drug-likeness (QED) is 0.808. The SMILES string of the molecule is NC1CCO[C@@H]1Cc1ccc(OCc2cccc(C(F)(F)F)c2)cc1F. The first kappa shape index (κ1) is 18.7. The molecule has 140 valence electrons. The van der Waals surface area contributed by atoms with E-state index in [4.69, 9.17) is 15.2 Å². The summed E-state index contributed by atoms with van der Waals surface area (Å²) in [7, 11) is 0. The van der Waals surface area contributed by atoms with Gasteiger partial charge >= 0.3 is 6.18 Å². The summed E-state index contributed by atoms with van der Waals surface area (Å²) in [6.45, 7) is 0.491. The molecule has 1 aliphatic rings. The summed E-state index contributed by atoms with van der Waals surface area (Å²) in [5.41, 5.74) is 5.99. The number of benzene rings is 2. The molecule has 7 heteroatoms. The van der Waals surface area contributed by atoms with Crippen LogP contribution in [0.25, 0.3) is 0 Å². The highest BCUT2D eigenvalue weighted by Gasteiger charge is 2.30. The Morgan fingerprint density at radius 3 is 2.62 bits per heavy atom. The van der Waals surface area contributed by atoms with Crippen LogP contribution in [0.1, 0.15) is 23.1 Å². The van der Waals surface area contributed by atoms with E-state index in [1.54, 1.807) is 12.1 Å². The lowest BCUT2D eigenvalue weighted by Crippen LogP contribution is -2.31. The fourth-order valence-electron chi connectivity index (χ4n) is 2.88. The minimum Gasteiger partial charge on any atom is -0.489 e. The molecule has 2 aromatic carbocycles. The van der Waals surface area contributed by atoms with Crippen LogP contribution in [-0.2, 0) is 23.9 Å². The number of halogens is 4. The van der Waals surface area contributed by atoms with Crippen LogP contribution in [0, 0.1) is 5.82 Å². The van der Waals surface area contributed by atoms with Crippen molar-refractivity contribution < 1.29 is 27.0 Å². The van der Waals surface area contributed by atoms with Crippen molar-refractivity contribution >= 4 is 0 Å². The number of alkyl halides is 3. The lowest BCUT2D eigenvalue weighted by Gasteiger charge is -2.15. The summed E-state index contributed by atoms with van der Waals surface area (Å²) in [6.07, 6.45) is -3.49. The van der Waals surface area contributed by atoms with Gasteiger partial charge in [-0.1, -0.05) is 18.2 Å². The summed E-state index contributed by atoms with van der Waals surface area (Å²) in [5, 5.41) is 0. The zero-order valence-electron chi connectivity index (χ0n) is 13.9. The van der Waals surface area contributed by atoms with E-state index >= 15 is 0 Å². The first-order valence-electron chi connectivity index (χ1n) is 8.27. The van der Waals surface area contributed by atoms with Crippen LogP contribution in [0.2, 0.25) is 0 Å². The van der Waals surface area contributed by atoms with Gasteiger partial charge in [-0.25, -0.2) is 4.39 Å². The predicted octanol–water partition coefficient (Wildman–Crippen LogP) is 4.08. The third kappa shape index (κ3) is 4.53. The molecule has 0 amide bonds. The van der Waals surface area contributed by atoms with Crippen LogP contribution in [0.15, 0.2) is 42.5 Å². The molecule has 1 unspecified atom stereocenters. The van der Waals surface area contributed by atoms with Gasteiger partial charge in [-0.2, -0.15) is 13.2 Å². The van der Waals surface area contributed by atoms with Gasteiger partial charge in [0.05, 0.1) is 11.7 Å². The molecule has 2 N–H and O–H groups in total. The zero-order chi connectivity index (χ0) is 18.7. The van der Waals surface area contributed by atoms with Gasteiger partial charge < -0.3 is 15.2 Å². The fourth-order valence-corrected chi connectivity index (χ4v) is 2.88. The number of hydrogen-bond acceptors (Lipinski definition) is 3. The lowest BCUT2D eigenvalue weighted by molar-refractivity contribution is -0.137. The molecule has 0 radical (unpaired) electrons. The molecule has 0 aromatic heterocycles. The molecular weight excluding hydrogens is 350 g/mol. The highest BCUT2D eigenvalue weighted by Crippen LogP contribution is 2.30. The molecule has 2 aromatic rings. The summed E-state index contributed by atoms with van der Waals surface area (Å²) < 4.78 is 63.3. The average molecular weight is 369 g/mol.